The van der Waals surface area contributed by atoms with Gasteiger partial charge in [0.2, 0.25) is 0 Å². The highest BCUT2D eigenvalue weighted by Crippen LogP contribution is 2.16. The highest BCUT2D eigenvalue weighted by atomic mass is 79.9. The van der Waals surface area contributed by atoms with Gasteiger partial charge in [-0.15, -0.1) is 0 Å². The molecule has 1 aromatic rings. The number of carbonyl (C=O) groups excluding carboxylic acids is 1. The maximum Gasteiger partial charge on any atom is 0.256 e. The van der Waals surface area contributed by atoms with Gasteiger partial charge in [-0.1, -0.05) is 15.9 Å². The minimum atomic E-state index is -0.510. The Hall–Kier alpha value is -0.940. The Labute approximate surface area is 115 Å². The molecule has 1 aromatic carbocycles. The van der Waals surface area contributed by atoms with Crippen LogP contribution in [-0.2, 0) is 4.74 Å². The number of rotatable bonds is 6. The lowest BCUT2D eigenvalue weighted by Crippen LogP contribution is -2.34. The number of halogens is 2. The normalized spacial score (nSPS) is 10.4. The predicted molar refractivity (Wildman–Crippen MR) is 72.2 cm³/mol. The summed E-state index contributed by atoms with van der Waals surface area (Å²) in [7, 11) is 0. The molecule has 0 atom stereocenters. The maximum absolute atomic E-state index is 13.7. The molecule has 0 bridgehead atoms. The highest BCUT2D eigenvalue weighted by molar-refractivity contribution is 9.10. The molecule has 0 fully saturated rings. The molecule has 0 unspecified atom stereocenters. The SMILES string of the molecule is CCOCCN(CC)C(=O)c1ccc(Br)cc1F. The summed E-state index contributed by atoms with van der Waals surface area (Å²) in [6, 6.07) is 4.45. The third-order valence-corrected chi connectivity index (χ3v) is 3.03. The van der Waals surface area contributed by atoms with Crippen LogP contribution in [0.25, 0.3) is 0 Å². The summed E-state index contributed by atoms with van der Waals surface area (Å²) >= 11 is 3.17. The number of hydrogen-bond donors (Lipinski definition) is 0. The van der Waals surface area contributed by atoms with Gasteiger partial charge in [-0.3, -0.25) is 4.79 Å². The zero-order chi connectivity index (χ0) is 13.5. The van der Waals surface area contributed by atoms with Crippen LogP contribution in [0, 0.1) is 5.82 Å². The van der Waals surface area contributed by atoms with Gasteiger partial charge in [0.1, 0.15) is 5.82 Å². The molecule has 5 heteroatoms. The first kappa shape index (κ1) is 15.1. The Kier molecular flexibility index (Phi) is 6.29. The van der Waals surface area contributed by atoms with E-state index in [2.05, 4.69) is 15.9 Å². The van der Waals surface area contributed by atoms with Crippen molar-refractivity contribution in [2.45, 2.75) is 13.8 Å². The first-order valence-corrected chi connectivity index (χ1v) is 6.71. The van der Waals surface area contributed by atoms with Crippen LogP contribution in [0.5, 0.6) is 0 Å². The predicted octanol–water partition coefficient (Wildman–Crippen LogP) is 3.09. The van der Waals surface area contributed by atoms with Crippen molar-refractivity contribution < 1.29 is 13.9 Å². The molecule has 3 nitrogen and oxygen atoms in total. The van der Waals surface area contributed by atoms with E-state index in [-0.39, 0.29) is 11.5 Å². The molecule has 0 saturated carbocycles. The Morgan fingerprint density at radius 1 is 1.44 bits per heavy atom. The Morgan fingerprint density at radius 2 is 2.17 bits per heavy atom. The summed E-state index contributed by atoms with van der Waals surface area (Å²) in [5.74, 6) is -0.813. The summed E-state index contributed by atoms with van der Waals surface area (Å²) in [5, 5.41) is 0. The van der Waals surface area contributed by atoms with Crippen molar-refractivity contribution in [3.05, 3.63) is 34.1 Å². The van der Waals surface area contributed by atoms with E-state index >= 15 is 0 Å². The van der Waals surface area contributed by atoms with Crippen LogP contribution in [0.2, 0.25) is 0 Å². The fourth-order valence-electron chi connectivity index (χ4n) is 1.56. The average Bonchev–Trinajstić information content (AvgIpc) is 2.34. The van der Waals surface area contributed by atoms with E-state index < -0.39 is 5.82 Å². The quantitative estimate of drug-likeness (QED) is 0.755. The van der Waals surface area contributed by atoms with Gasteiger partial charge in [0.05, 0.1) is 12.2 Å². The minimum Gasteiger partial charge on any atom is -0.380 e. The molecule has 0 aromatic heterocycles. The van der Waals surface area contributed by atoms with Crippen molar-refractivity contribution in [2.75, 3.05) is 26.3 Å². The zero-order valence-corrected chi connectivity index (χ0v) is 12.2. The number of hydrogen-bond acceptors (Lipinski definition) is 2. The molecule has 1 rings (SSSR count). The fraction of sp³-hybridized carbons (Fsp3) is 0.462. The molecule has 0 N–H and O–H groups in total. The lowest BCUT2D eigenvalue weighted by molar-refractivity contribution is 0.0665. The number of amides is 1. The van der Waals surface area contributed by atoms with Crippen molar-refractivity contribution in [3.8, 4) is 0 Å². The van der Waals surface area contributed by atoms with E-state index in [9.17, 15) is 9.18 Å². The highest BCUT2D eigenvalue weighted by Gasteiger charge is 2.17. The number of carbonyl (C=O) groups is 1. The summed E-state index contributed by atoms with van der Waals surface area (Å²) in [4.78, 5) is 13.7. The molecule has 0 aliphatic heterocycles. The second kappa shape index (κ2) is 7.48. The number of benzene rings is 1. The van der Waals surface area contributed by atoms with Crippen LogP contribution in [0.4, 0.5) is 4.39 Å². The van der Waals surface area contributed by atoms with E-state index in [1.54, 1.807) is 11.0 Å². The van der Waals surface area contributed by atoms with Crippen LogP contribution >= 0.6 is 15.9 Å². The molecule has 0 spiro atoms. The van der Waals surface area contributed by atoms with E-state index in [0.717, 1.165) is 0 Å². The Balaban J connectivity index is 2.76. The smallest absolute Gasteiger partial charge is 0.256 e. The minimum absolute atomic E-state index is 0.0940. The molecular weight excluding hydrogens is 301 g/mol. The number of ether oxygens (including phenoxy) is 1. The number of likely N-dealkylation sites (N-methyl/N-ethyl adjacent to an activating group) is 1. The van der Waals surface area contributed by atoms with Gasteiger partial charge in [-0.05, 0) is 32.0 Å². The lowest BCUT2D eigenvalue weighted by atomic mass is 10.2. The third kappa shape index (κ3) is 4.07. The molecule has 1 amide bonds. The van der Waals surface area contributed by atoms with Crippen LogP contribution in [0.1, 0.15) is 24.2 Å². The standard InChI is InChI=1S/C13H17BrFNO2/c1-3-16(7-8-18-4-2)13(17)11-6-5-10(14)9-12(11)15/h5-6,9H,3-4,7-8H2,1-2H3. The van der Waals surface area contributed by atoms with Crippen LogP contribution < -0.4 is 0 Å². The lowest BCUT2D eigenvalue weighted by Gasteiger charge is -2.21. The molecule has 0 aliphatic rings. The Bertz CT molecular complexity index is 412. The first-order chi connectivity index (χ1) is 8.60. The van der Waals surface area contributed by atoms with Crippen LogP contribution in [-0.4, -0.2) is 37.1 Å². The monoisotopic (exact) mass is 317 g/mol. The van der Waals surface area contributed by atoms with Gasteiger partial charge < -0.3 is 9.64 Å². The molecular formula is C13H17BrFNO2. The fourth-order valence-corrected chi connectivity index (χ4v) is 1.89. The molecule has 0 heterocycles. The zero-order valence-electron chi connectivity index (χ0n) is 10.6. The van der Waals surface area contributed by atoms with E-state index in [1.807, 2.05) is 13.8 Å². The van der Waals surface area contributed by atoms with Gasteiger partial charge in [0.25, 0.3) is 5.91 Å². The van der Waals surface area contributed by atoms with Gasteiger partial charge in [0, 0.05) is 24.2 Å². The van der Waals surface area contributed by atoms with E-state index in [4.69, 9.17) is 4.74 Å². The average molecular weight is 318 g/mol. The van der Waals surface area contributed by atoms with Gasteiger partial charge in [-0.2, -0.15) is 0 Å². The Morgan fingerprint density at radius 3 is 2.72 bits per heavy atom. The maximum atomic E-state index is 13.7. The van der Waals surface area contributed by atoms with Crippen LogP contribution in [0.15, 0.2) is 22.7 Å². The topological polar surface area (TPSA) is 29.5 Å². The van der Waals surface area contributed by atoms with Crippen molar-refractivity contribution in [1.82, 2.24) is 4.90 Å². The number of nitrogens with zero attached hydrogens (tertiary/aromatic N) is 1. The summed E-state index contributed by atoms with van der Waals surface area (Å²) < 4.78 is 19.5. The largest absolute Gasteiger partial charge is 0.380 e. The molecule has 100 valence electrons. The van der Waals surface area contributed by atoms with Crippen LogP contribution in [0.3, 0.4) is 0 Å². The third-order valence-electron chi connectivity index (χ3n) is 2.54. The second-order valence-corrected chi connectivity index (χ2v) is 4.62. The molecule has 0 aliphatic carbocycles. The van der Waals surface area contributed by atoms with Crippen molar-refractivity contribution >= 4 is 21.8 Å². The summed E-state index contributed by atoms with van der Waals surface area (Å²) in [6.45, 7) is 5.83. The van der Waals surface area contributed by atoms with Crippen molar-refractivity contribution in [1.29, 1.82) is 0 Å². The molecule has 0 saturated heterocycles. The van der Waals surface area contributed by atoms with Crippen molar-refractivity contribution in [3.63, 3.8) is 0 Å². The summed E-state index contributed by atoms with van der Waals surface area (Å²) in [5.41, 5.74) is 0.0940. The van der Waals surface area contributed by atoms with Gasteiger partial charge in [-0.25, -0.2) is 4.39 Å². The molecule has 0 radical (unpaired) electrons. The van der Waals surface area contributed by atoms with Crippen molar-refractivity contribution in [2.24, 2.45) is 0 Å². The second-order valence-electron chi connectivity index (χ2n) is 3.71. The first-order valence-electron chi connectivity index (χ1n) is 5.92. The molecule has 18 heavy (non-hydrogen) atoms. The van der Waals surface area contributed by atoms with Gasteiger partial charge >= 0.3 is 0 Å². The summed E-state index contributed by atoms with van der Waals surface area (Å²) in [6.07, 6.45) is 0. The van der Waals surface area contributed by atoms with E-state index in [1.165, 1.54) is 12.1 Å². The van der Waals surface area contributed by atoms with Gasteiger partial charge in [0.15, 0.2) is 0 Å². The van der Waals surface area contributed by atoms with E-state index in [0.29, 0.717) is 30.8 Å².